The van der Waals surface area contributed by atoms with Gasteiger partial charge in [0.25, 0.3) is 0 Å². The average molecular weight is 429 g/mol. The molecule has 6 nitrogen and oxygen atoms in total. The van der Waals surface area contributed by atoms with Gasteiger partial charge in [0.2, 0.25) is 5.91 Å². The molecule has 9 heteroatoms. The molecule has 1 amide bonds. The average Bonchev–Trinajstić information content (AvgIpc) is 3.11. The van der Waals surface area contributed by atoms with Gasteiger partial charge in [-0.2, -0.15) is 0 Å². The van der Waals surface area contributed by atoms with Crippen LogP contribution >= 0.6 is 0 Å². The Kier molecular flexibility index (Phi) is 5.22. The van der Waals surface area contributed by atoms with E-state index in [1.54, 1.807) is 17.0 Å². The molecule has 1 aromatic heterocycles. The summed E-state index contributed by atoms with van der Waals surface area (Å²) in [5, 5.41) is 3.17. The molecule has 4 rings (SSSR count). The standard InChI is InChI=1S/C22H22F3N5O/c1-22(2)21-28-19(15-4-3-5-16(24)18(15)25)20(27-14-8-6-13(23)7-9-14)29(21)10-11-30(22)17(31)12-26/h3-9,27H,10-12,26H2,1-2H3. The van der Waals surface area contributed by atoms with Crippen LogP contribution < -0.4 is 11.1 Å². The highest BCUT2D eigenvalue weighted by Gasteiger charge is 2.41. The molecule has 0 fully saturated rings. The van der Waals surface area contributed by atoms with Crippen molar-refractivity contribution in [1.29, 1.82) is 0 Å². The molecule has 0 radical (unpaired) electrons. The molecule has 2 aromatic carbocycles. The van der Waals surface area contributed by atoms with Crippen molar-refractivity contribution in [3.63, 3.8) is 0 Å². The van der Waals surface area contributed by atoms with Gasteiger partial charge in [-0.15, -0.1) is 0 Å². The van der Waals surface area contributed by atoms with Gasteiger partial charge in [-0.05, 0) is 50.2 Å². The minimum atomic E-state index is -1.02. The number of nitrogens with one attached hydrogen (secondary N) is 1. The molecule has 2 heterocycles. The number of nitrogens with two attached hydrogens (primary N) is 1. The summed E-state index contributed by atoms with van der Waals surface area (Å²) >= 11 is 0. The molecule has 1 aliphatic rings. The Morgan fingerprint density at radius 1 is 1.13 bits per heavy atom. The summed E-state index contributed by atoms with van der Waals surface area (Å²) in [6.07, 6.45) is 0. The van der Waals surface area contributed by atoms with Crippen LogP contribution in [0.25, 0.3) is 11.3 Å². The highest BCUT2D eigenvalue weighted by molar-refractivity contribution is 5.80. The number of fused-ring (bicyclic) bond motifs is 1. The number of rotatable bonds is 4. The highest BCUT2D eigenvalue weighted by atomic mass is 19.2. The Balaban J connectivity index is 1.90. The molecular weight excluding hydrogens is 407 g/mol. The number of nitrogens with zero attached hydrogens (tertiary/aromatic N) is 3. The lowest BCUT2D eigenvalue weighted by atomic mass is 9.99. The monoisotopic (exact) mass is 429 g/mol. The second-order valence-electron chi connectivity index (χ2n) is 7.83. The number of carbonyl (C=O) groups is 1. The van der Waals surface area contributed by atoms with Gasteiger partial charge in [0.1, 0.15) is 23.2 Å². The van der Waals surface area contributed by atoms with Gasteiger partial charge in [-0.1, -0.05) is 6.07 Å². The van der Waals surface area contributed by atoms with Crippen molar-refractivity contribution in [2.45, 2.75) is 25.9 Å². The second-order valence-corrected chi connectivity index (χ2v) is 7.83. The van der Waals surface area contributed by atoms with Gasteiger partial charge >= 0.3 is 0 Å². The zero-order chi connectivity index (χ0) is 22.3. The number of imidazole rings is 1. The predicted molar refractivity (Wildman–Crippen MR) is 111 cm³/mol. The molecule has 0 aliphatic carbocycles. The van der Waals surface area contributed by atoms with Crippen molar-refractivity contribution in [2.24, 2.45) is 5.73 Å². The van der Waals surface area contributed by atoms with Crippen molar-refractivity contribution < 1.29 is 18.0 Å². The van der Waals surface area contributed by atoms with Gasteiger partial charge in [0.15, 0.2) is 11.6 Å². The van der Waals surface area contributed by atoms with Crippen LogP contribution in [0.15, 0.2) is 42.5 Å². The Morgan fingerprint density at radius 3 is 2.52 bits per heavy atom. The number of amides is 1. The lowest BCUT2D eigenvalue weighted by Gasteiger charge is -2.42. The van der Waals surface area contributed by atoms with Crippen LogP contribution in [-0.4, -0.2) is 33.4 Å². The first kappa shape index (κ1) is 20.9. The molecule has 162 valence electrons. The van der Waals surface area contributed by atoms with Crippen molar-refractivity contribution in [2.75, 3.05) is 18.4 Å². The van der Waals surface area contributed by atoms with E-state index < -0.39 is 23.0 Å². The number of aromatic nitrogens is 2. The number of anilines is 2. The Hall–Kier alpha value is -3.33. The summed E-state index contributed by atoms with van der Waals surface area (Å²) < 4.78 is 43.9. The van der Waals surface area contributed by atoms with E-state index in [1.807, 2.05) is 18.4 Å². The largest absolute Gasteiger partial charge is 0.340 e. The summed E-state index contributed by atoms with van der Waals surface area (Å²) in [6.45, 7) is 4.25. The van der Waals surface area contributed by atoms with Crippen molar-refractivity contribution >= 4 is 17.4 Å². The number of carbonyl (C=O) groups excluding carboxylic acids is 1. The van der Waals surface area contributed by atoms with Gasteiger partial charge in [0.05, 0.1) is 12.1 Å². The molecule has 3 aromatic rings. The zero-order valence-electron chi connectivity index (χ0n) is 17.1. The van der Waals surface area contributed by atoms with E-state index in [0.29, 0.717) is 30.4 Å². The van der Waals surface area contributed by atoms with E-state index in [9.17, 15) is 18.0 Å². The van der Waals surface area contributed by atoms with Crippen LogP contribution in [0.3, 0.4) is 0 Å². The molecular formula is C22H22F3N5O. The lowest BCUT2D eigenvalue weighted by Crippen LogP contribution is -2.53. The maximum atomic E-state index is 14.7. The second kappa shape index (κ2) is 7.73. The number of halogens is 3. The summed E-state index contributed by atoms with van der Waals surface area (Å²) in [7, 11) is 0. The third-order valence-corrected chi connectivity index (χ3v) is 5.53. The molecule has 0 spiro atoms. The minimum absolute atomic E-state index is 0.0148. The summed E-state index contributed by atoms with van der Waals surface area (Å²) in [6, 6.07) is 9.56. The van der Waals surface area contributed by atoms with E-state index in [0.717, 1.165) is 6.07 Å². The van der Waals surface area contributed by atoms with Crippen LogP contribution in [0.4, 0.5) is 24.7 Å². The topological polar surface area (TPSA) is 76.2 Å². The first-order valence-electron chi connectivity index (χ1n) is 9.82. The summed E-state index contributed by atoms with van der Waals surface area (Å²) in [4.78, 5) is 18.6. The highest BCUT2D eigenvalue weighted by Crippen LogP contribution is 2.40. The molecule has 0 atom stereocenters. The first-order valence-corrected chi connectivity index (χ1v) is 9.82. The molecule has 3 N–H and O–H groups in total. The van der Waals surface area contributed by atoms with Crippen molar-refractivity contribution in [3.8, 4) is 11.3 Å². The van der Waals surface area contributed by atoms with Gasteiger partial charge in [-0.3, -0.25) is 4.79 Å². The fourth-order valence-corrected chi connectivity index (χ4v) is 3.96. The Bertz CT molecular complexity index is 1140. The van der Waals surface area contributed by atoms with Crippen LogP contribution in [0.1, 0.15) is 19.7 Å². The van der Waals surface area contributed by atoms with Crippen LogP contribution in [0, 0.1) is 17.5 Å². The van der Waals surface area contributed by atoms with E-state index in [4.69, 9.17) is 5.73 Å². The van der Waals surface area contributed by atoms with Crippen molar-refractivity contribution in [1.82, 2.24) is 14.5 Å². The maximum Gasteiger partial charge on any atom is 0.237 e. The quantitative estimate of drug-likeness (QED) is 0.663. The molecule has 0 saturated carbocycles. The SMILES string of the molecule is CC1(C)c2nc(-c3cccc(F)c3F)c(Nc3ccc(F)cc3)n2CCN1C(=O)CN. The number of hydrogen-bond acceptors (Lipinski definition) is 4. The molecule has 0 bridgehead atoms. The normalized spacial score (nSPS) is 15.0. The Labute approximate surface area is 177 Å². The number of hydrogen-bond donors (Lipinski definition) is 2. The minimum Gasteiger partial charge on any atom is -0.340 e. The van der Waals surface area contributed by atoms with Gasteiger partial charge < -0.3 is 20.5 Å². The third-order valence-electron chi connectivity index (χ3n) is 5.53. The van der Waals surface area contributed by atoms with E-state index >= 15 is 0 Å². The maximum absolute atomic E-state index is 14.7. The molecule has 0 unspecified atom stereocenters. The smallest absolute Gasteiger partial charge is 0.237 e. The molecule has 31 heavy (non-hydrogen) atoms. The lowest BCUT2D eigenvalue weighted by molar-refractivity contribution is -0.137. The van der Waals surface area contributed by atoms with Crippen LogP contribution in [0.5, 0.6) is 0 Å². The summed E-state index contributed by atoms with van der Waals surface area (Å²) in [5.74, 6) is -1.70. The van der Waals surface area contributed by atoms with Crippen LogP contribution in [0.2, 0.25) is 0 Å². The summed E-state index contributed by atoms with van der Waals surface area (Å²) in [5.41, 5.74) is 5.47. The predicted octanol–water partition coefficient (Wildman–Crippen LogP) is 3.75. The number of benzene rings is 2. The fraction of sp³-hybridized carbons (Fsp3) is 0.273. The third kappa shape index (κ3) is 3.54. The van der Waals surface area contributed by atoms with Gasteiger partial charge in [-0.25, -0.2) is 18.2 Å². The van der Waals surface area contributed by atoms with Gasteiger partial charge in [0, 0.05) is 24.3 Å². The molecule has 1 aliphatic heterocycles. The van der Waals surface area contributed by atoms with E-state index in [2.05, 4.69) is 10.3 Å². The van der Waals surface area contributed by atoms with Crippen LogP contribution in [-0.2, 0) is 16.9 Å². The fourth-order valence-electron chi connectivity index (χ4n) is 3.96. The van der Waals surface area contributed by atoms with E-state index in [1.165, 1.54) is 24.3 Å². The first-order chi connectivity index (χ1) is 14.7. The Morgan fingerprint density at radius 2 is 1.84 bits per heavy atom. The van der Waals surface area contributed by atoms with E-state index in [-0.39, 0.29) is 23.7 Å². The van der Waals surface area contributed by atoms with Crippen molar-refractivity contribution in [3.05, 3.63) is 65.7 Å². The molecule has 0 saturated heterocycles. The zero-order valence-corrected chi connectivity index (χ0v) is 17.1.